The van der Waals surface area contributed by atoms with Crippen LogP contribution in [0.1, 0.15) is 12.0 Å². The van der Waals surface area contributed by atoms with E-state index < -0.39 is 9.84 Å². The number of hydrogen-bond donors (Lipinski definition) is 1. The van der Waals surface area contributed by atoms with Crippen molar-refractivity contribution in [2.45, 2.75) is 13.0 Å². The normalized spacial score (nSPS) is 21.3. The molecule has 1 aromatic carbocycles. The molecule has 18 heavy (non-hydrogen) atoms. The highest BCUT2D eigenvalue weighted by Gasteiger charge is 2.25. The Kier molecular flexibility index (Phi) is 3.92. The zero-order valence-electron chi connectivity index (χ0n) is 10.7. The number of hydrogen-bond acceptors (Lipinski definition) is 4. The Labute approximate surface area is 109 Å². The largest absolute Gasteiger partial charge is 0.399 e. The maximum absolute atomic E-state index is 11.3. The fourth-order valence-corrected chi connectivity index (χ4v) is 3.70. The molecule has 0 amide bonds. The Hall–Kier alpha value is -1.07. The number of nitrogens with two attached hydrogens (primary N) is 1. The van der Waals surface area contributed by atoms with Crippen molar-refractivity contribution in [1.29, 1.82) is 0 Å². The molecule has 1 saturated heterocycles. The van der Waals surface area contributed by atoms with Gasteiger partial charge in [-0.05, 0) is 36.6 Å². The van der Waals surface area contributed by atoms with Gasteiger partial charge in [-0.3, -0.25) is 4.90 Å². The molecule has 0 aliphatic carbocycles. The second-order valence-electron chi connectivity index (χ2n) is 5.23. The molecule has 1 unspecified atom stereocenters. The Morgan fingerprint density at radius 1 is 1.44 bits per heavy atom. The maximum atomic E-state index is 11.3. The molecule has 0 spiro atoms. The van der Waals surface area contributed by atoms with Crippen LogP contribution in [0.5, 0.6) is 0 Å². The Morgan fingerprint density at radius 2 is 2.22 bits per heavy atom. The van der Waals surface area contributed by atoms with Gasteiger partial charge in [0.25, 0.3) is 0 Å². The van der Waals surface area contributed by atoms with Crippen molar-refractivity contribution in [3.63, 3.8) is 0 Å². The number of nitrogen functional groups attached to an aromatic ring is 1. The average Bonchev–Trinajstić information content (AvgIpc) is 2.62. The number of anilines is 1. The van der Waals surface area contributed by atoms with Crippen molar-refractivity contribution in [2.75, 3.05) is 30.8 Å². The average molecular weight is 268 g/mol. The maximum Gasteiger partial charge on any atom is 0.147 e. The second-order valence-corrected chi connectivity index (χ2v) is 7.41. The molecule has 1 aliphatic heterocycles. The van der Waals surface area contributed by atoms with Gasteiger partial charge in [-0.15, -0.1) is 0 Å². The van der Waals surface area contributed by atoms with E-state index in [0.29, 0.717) is 5.75 Å². The number of likely N-dealkylation sites (tertiary alicyclic amines) is 1. The molecule has 1 aromatic rings. The van der Waals surface area contributed by atoms with Crippen LogP contribution in [-0.4, -0.2) is 38.4 Å². The predicted octanol–water partition coefficient (Wildman–Crippen LogP) is 1.14. The van der Waals surface area contributed by atoms with Gasteiger partial charge >= 0.3 is 0 Å². The van der Waals surface area contributed by atoms with E-state index in [-0.39, 0.29) is 5.92 Å². The third-order valence-electron chi connectivity index (χ3n) is 3.27. The number of sulfone groups is 1. The number of rotatable bonds is 4. The van der Waals surface area contributed by atoms with Gasteiger partial charge in [0.2, 0.25) is 0 Å². The lowest BCUT2D eigenvalue weighted by Gasteiger charge is -2.16. The Morgan fingerprint density at radius 3 is 2.89 bits per heavy atom. The van der Waals surface area contributed by atoms with Crippen LogP contribution in [0.4, 0.5) is 5.69 Å². The van der Waals surface area contributed by atoms with Crippen molar-refractivity contribution in [2.24, 2.45) is 5.92 Å². The number of benzene rings is 1. The molecule has 0 radical (unpaired) electrons. The highest BCUT2D eigenvalue weighted by atomic mass is 32.2. The molecule has 0 saturated carbocycles. The lowest BCUT2D eigenvalue weighted by molar-refractivity contribution is 0.320. The van der Waals surface area contributed by atoms with Crippen molar-refractivity contribution in [3.8, 4) is 0 Å². The van der Waals surface area contributed by atoms with Crippen LogP contribution in [0, 0.1) is 5.92 Å². The van der Waals surface area contributed by atoms with Gasteiger partial charge in [0.05, 0.1) is 5.75 Å². The van der Waals surface area contributed by atoms with E-state index in [9.17, 15) is 8.42 Å². The van der Waals surface area contributed by atoms with Gasteiger partial charge in [0, 0.05) is 25.0 Å². The van der Waals surface area contributed by atoms with Gasteiger partial charge in [0.1, 0.15) is 9.84 Å². The lowest BCUT2D eigenvalue weighted by atomic mass is 10.1. The van der Waals surface area contributed by atoms with Gasteiger partial charge in [-0.2, -0.15) is 0 Å². The molecule has 2 N–H and O–H groups in total. The van der Waals surface area contributed by atoms with Crippen molar-refractivity contribution in [1.82, 2.24) is 4.90 Å². The molecule has 0 aromatic heterocycles. The fourth-order valence-electron chi connectivity index (χ4n) is 2.57. The smallest absolute Gasteiger partial charge is 0.147 e. The highest BCUT2D eigenvalue weighted by molar-refractivity contribution is 7.90. The Balaban J connectivity index is 1.90. The van der Waals surface area contributed by atoms with Gasteiger partial charge < -0.3 is 5.73 Å². The minimum Gasteiger partial charge on any atom is -0.399 e. The quantitative estimate of drug-likeness (QED) is 0.832. The first-order valence-electron chi connectivity index (χ1n) is 6.17. The van der Waals surface area contributed by atoms with Crippen LogP contribution < -0.4 is 5.73 Å². The van der Waals surface area contributed by atoms with Crippen LogP contribution in [-0.2, 0) is 16.4 Å². The van der Waals surface area contributed by atoms with Crippen LogP contribution in [0.2, 0.25) is 0 Å². The van der Waals surface area contributed by atoms with E-state index >= 15 is 0 Å². The van der Waals surface area contributed by atoms with Crippen molar-refractivity contribution in [3.05, 3.63) is 29.8 Å². The fraction of sp³-hybridized carbons (Fsp3) is 0.538. The first-order chi connectivity index (χ1) is 8.42. The second kappa shape index (κ2) is 5.28. The first kappa shape index (κ1) is 13.4. The monoisotopic (exact) mass is 268 g/mol. The summed E-state index contributed by atoms with van der Waals surface area (Å²) in [5.74, 6) is 0.585. The van der Waals surface area contributed by atoms with Crippen LogP contribution in [0.15, 0.2) is 24.3 Å². The molecular formula is C13H20N2O2S. The van der Waals surface area contributed by atoms with Crippen LogP contribution >= 0.6 is 0 Å². The summed E-state index contributed by atoms with van der Waals surface area (Å²) in [5, 5.41) is 0. The van der Waals surface area contributed by atoms with E-state index in [4.69, 9.17) is 5.73 Å². The third-order valence-corrected chi connectivity index (χ3v) is 4.34. The summed E-state index contributed by atoms with van der Waals surface area (Å²) >= 11 is 0. The predicted molar refractivity (Wildman–Crippen MR) is 73.9 cm³/mol. The van der Waals surface area contributed by atoms with Crippen LogP contribution in [0.25, 0.3) is 0 Å². The van der Waals surface area contributed by atoms with Gasteiger partial charge in [-0.1, -0.05) is 12.1 Å². The molecule has 1 fully saturated rings. The van der Waals surface area contributed by atoms with Crippen molar-refractivity contribution >= 4 is 15.5 Å². The summed E-state index contributed by atoms with van der Waals surface area (Å²) in [5.41, 5.74) is 7.71. The zero-order valence-corrected chi connectivity index (χ0v) is 11.5. The summed E-state index contributed by atoms with van der Waals surface area (Å²) in [6.07, 6.45) is 2.28. The molecule has 2 rings (SSSR count). The molecule has 1 atom stereocenters. The first-order valence-corrected chi connectivity index (χ1v) is 8.23. The van der Waals surface area contributed by atoms with E-state index in [0.717, 1.165) is 31.7 Å². The molecule has 5 heteroatoms. The summed E-state index contributed by atoms with van der Waals surface area (Å²) in [6, 6.07) is 7.86. The van der Waals surface area contributed by atoms with Gasteiger partial charge in [0.15, 0.2) is 0 Å². The summed E-state index contributed by atoms with van der Waals surface area (Å²) in [4.78, 5) is 2.30. The van der Waals surface area contributed by atoms with Gasteiger partial charge in [-0.25, -0.2) is 8.42 Å². The lowest BCUT2D eigenvalue weighted by Crippen LogP contribution is -2.22. The molecule has 1 aliphatic rings. The summed E-state index contributed by atoms with van der Waals surface area (Å²) < 4.78 is 22.5. The topological polar surface area (TPSA) is 63.4 Å². The van der Waals surface area contributed by atoms with E-state index in [1.807, 2.05) is 18.2 Å². The minimum atomic E-state index is -2.86. The molecule has 4 nitrogen and oxygen atoms in total. The van der Waals surface area contributed by atoms with E-state index in [1.165, 1.54) is 11.8 Å². The third kappa shape index (κ3) is 3.99. The summed E-state index contributed by atoms with van der Waals surface area (Å²) in [7, 11) is -2.86. The number of nitrogens with zero attached hydrogens (tertiary/aromatic N) is 1. The molecule has 100 valence electrons. The standard InChI is InChI=1S/C13H20N2O2S/c1-18(16,17)10-12-5-6-15(9-12)8-11-3-2-4-13(14)7-11/h2-4,7,12H,5-6,8-10,14H2,1H3. The molecule has 0 bridgehead atoms. The van der Waals surface area contributed by atoms with Crippen molar-refractivity contribution < 1.29 is 8.42 Å². The SMILES string of the molecule is CS(=O)(=O)CC1CCN(Cc2cccc(N)c2)C1. The highest BCUT2D eigenvalue weighted by Crippen LogP contribution is 2.20. The van der Waals surface area contributed by atoms with E-state index in [2.05, 4.69) is 11.0 Å². The van der Waals surface area contributed by atoms with Crippen LogP contribution in [0.3, 0.4) is 0 Å². The molecule has 1 heterocycles. The zero-order chi connectivity index (χ0) is 13.2. The Bertz CT molecular complexity index is 513. The van der Waals surface area contributed by atoms with E-state index in [1.54, 1.807) is 0 Å². The minimum absolute atomic E-state index is 0.279. The molecular weight excluding hydrogens is 248 g/mol. The summed E-state index contributed by atoms with van der Waals surface area (Å²) in [6.45, 7) is 2.68.